The summed E-state index contributed by atoms with van der Waals surface area (Å²) < 4.78 is 0. The van der Waals surface area contributed by atoms with Crippen molar-refractivity contribution in [3.63, 3.8) is 0 Å². The molecule has 3 rings (SSSR count). The molecular formula is C12H8Cl2N4S. The molecule has 0 radical (unpaired) electrons. The van der Waals surface area contributed by atoms with Crippen molar-refractivity contribution < 1.29 is 0 Å². The third-order valence-corrected chi connectivity index (χ3v) is 4.33. The molecule has 0 fully saturated rings. The van der Waals surface area contributed by atoms with Crippen LogP contribution in [0.25, 0.3) is 21.8 Å². The first kappa shape index (κ1) is 12.5. The Morgan fingerprint density at radius 3 is 2.79 bits per heavy atom. The van der Waals surface area contributed by atoms with Crippen LogP contribution in [0.1, 0.15) is 0 Å². The van der Waals surface area contributed by atoms with Crippen LogP contribution in [0.15, 0.2) is 29.8 Å². The molecule has 19 heavy (non-hydrogen) atoms. The van der Waals surface area contributed by atoms with Crippen LogP contribution >= 0.6 is 34.5 Å². The SMILES string of the molecule is Nc1[nH]ncc1-c1nc(-c2cccc(Cl)c2Cl)cs1. The summed E-state index contributed by atoms with van der Waals surface area (Å²) in [6, 6.07) is 5.47. The third-order valence-electron chi connectivity index (χ3n) is 2.63. The number of aromatic nitrogens is 3. The van der Waals surface area contributed by atoms with E-state index in [2.05, 4.69) is 15.2 Å². The highest BCUT2D eigenvalue weighted by Crippen LogP contribution is 2.36. The number of aromatic amines is 1. The van der Waals surface area contributed by atoms with Crippen LogP contribution in [0.4, 0.5) is 5.82 Å². The second-order valence-corrected chi connectivity index (χ2v) is 5.48. The van der Waals surface area contributed by atoms with Crippen LogP contribution in [0.5, 0.6) is 0 Å². The topological polar surface area (TPSA) is 67.6 Å². The Balaban J connectivity index is 2.07. The number of nitrogens with one attached hydrogen (secondary N) is 1. The Morgan fingerprint density at radius 1 is 1.21 bits per heavy atom. The quantitative estimate of drug-likeness (QED) is 0.749. The minimum absolute atomic E-state index is 0.498. The highest BCUT2D eigenvalue weighted by Gasteiger charge is 2.13. The molecular weight excluding hydrogens is 303 g/mol. The summed E-state index contributed by atoms with van der Waals surface area (Å²) in [6.07, 6.45) is 1.65. The summed E-state index contributed by atoms with van der Waals surface area (Å²) >= 11 is 13.7. The summed E-state index contributed by atoms with van der Waals surface area (Å²) in [6.45, 7) is 0. The first-order valence-electron chi connectivity index (χ1n) is 5.36. The van der Waals surface area contributed by atoms with Crippen molar-refractivity contribution in [1.82, 2.24) is 15.2 Å². The summed E-state index contributed by atoms with van der Waals surface area (Å²) in [4.78, 5) is 4.52. The number of H-pyrrole nitrogens is 1. The van der Waals surface area contributed by atoms with E-state index in [0.29, 0.717) is 15.9 Å². The predicted molar refractivity (Wildman–Crippen MR) is 79.6 cm³/mol. The Morgan fingerprint density at radius 2 is 2.05 bits per heavy atom. The molecule has 4 nitrogen and oxygen atoms in total. The van der Waals surface area contributed by atoms with Gasteiger partial charge in [0.2, 0.25) is 0 Å². The lowest BCUT2D eigenvalue weighted by Crippen LogP contribution is -1.87. The smallest absolute Gasteiger partial charge is 0.129 e. The lowest BCUT2D eigenvalue weighted by atomic mass is 10.2. The van der Waals surface area contributed by atoms with E-state index >= 15 is 0 Å². The zero-order chi connectivity index (χ0) is 13.4. The molecule has 0 saturated carbocycles. The fourth-order valence-electron chi connectivity index (χ4n) is 1.69. The number of halogens is 2. The predicted octanol–water partition coefficient (Wildman–Crippen LogP) is 4.09. The molecule has 96 valence electrons. The molecule has 0 atom stereocenters. The van der Waals surface area contributed by atoms with Gasteiger partial charge in [0.05, 0.1) is 27.5 Å². The van der Waals surface area contributed by atoms with Crippen LogP contribution in [0, 0.1) is 0 Å². The molecule has 7 heteroatoms. The average Bonchev–Trinajstić information content (AvgIpc) is 3.01. The molecule has 0 aliphatic carbocycles. The first-order valence-corrected chi connectivity index (χ1v) is 6.99. The van der Waals surface area contributed by atoms with Crippen LogP contribution in [-0.2, 0) is 0 Å². The van der Waals surface area contributed by atoms with Crippen molar-refractivity contribution in [3.05, 3.63) is 39.8 Å². The number of benzene rings is 1. The highest BCUT2D eigenvalue weighted by molar-refractivity contribution is 7.13. The van der Waals surface area contributed by atoms with Gasteiger partial charge < -0.3 is 5.73 Å². The van der Waals surface area contributed by atoms with Crippen molar-refractivity contribution >= 4 is 40.4 Å². The molecule has 0 spiro atoms. The second-order valence-electron chi connectivity index (χ2n) is 3.84. The number of hydrogen-bond donors (Lipinski definition) is 2. The van der Waals surface area contributed by atoms with E-state index in [1.165, 1.54) is 11.3 Å². The van der Waals surface area contributed by atoms with Crippen LogP contribution in [0.3, 0.4) is 0 Å². The minimum atomic E-state index is 0.498. The molecule has 1 aromatic carbocycles. The van der Waals surface area contributed by atoms with Crippen molar-refractivity contribution in [1.29, 1.82) is 0 Å². The fraction of sp³-hybridized carbons (Fsp3) is 0. The number of anilines is 1. The Kier molecular flexibility index (Phi) is 3.18. The number of hydrogen-bond acceptors (Lipinski definition) is 4. The van der Waals surface area contributed by atoms with Gasteiger partial charge in [-0.2, -0.15) is 5.10 Å². The van der Waals surface area contributed by atoms with Gasteiger partial charge in [-0.05, 0) is 6.07 Å². The molecule has 0 unspecified atom stereocenters. The van der Waals surface area contributed by atoms with Gasteiger partial charge in [-0.25, -0.2) is 4.98 Å². The van der Waals surface area contributed by atoms with Gasteiger partial charge in [-0.15, -0.1) is 11.3 Å². The Hall–Kier alpha value is -1.56. The number of thiazole rings is 1. The summed E-state index contributed by atoms with van der Waals surface area (Å²) in [5, 5.41) is 10.3. The van der Waals surface area contributed by atoms with Crippen LogP contribution < -0.4 is 5.73 Å². The van der Waals surface area contributed by atoms with E-state index in [4.69, 9.17) is 28.9 Å². The molecule has 0 bridgehead atoms. The molecule has 2 aromatic heterocycles. The van der Waals surface area contributed by atoms with Gasteiger partial charge in [0.25, 0.3) is 0 Å². The van der Waals surface area contributed by atoms with Crippen molar-refractivity contribution in [2.45, 2.75) is 0 Å². The first-order chi connectivity index (χ1) is 9.16. The maximum Gasteiger partial charge on any atom is 0.129 e. The van der Waals surface area contributed by atoms with E-state index in [9.17, 15) is 0 Å². The standard InChI is InChI=1S/C12H8Cl2N4S/c13-8-3-1-2-6(10(8)14)9-5-19-12(17-9)7-4-16-18-11(7)15/h1-5H,(H3,15,16,18). The highest BCUT2D eigenvalue weighted by atomic mass is 35.5. The number of nitrogens with two attached hydrogens (primary N) is 1. The Bertz CT molecular complexity index is 735. The van der Waals surface area contributed by atoms with E-state index < -0.39 is 0 Å². The van der Waals surface area contributed by atoms with Gasteiger partial charge >= 0.3 is 0 Å². The number of nitrogen functional groups attached to an aromatic ring is 1. The molecule has 0 saturated heterocycles. The lowest BCUT2D eigenvalue weighted by Gasteiger charge is -2.01. The zero-order valence-corrected chi connectivity index (χ0v) is 11.9. The molecule has 3 aromatic rings. The van der Waals surface area contributed by atoms with Gasteiger partial charge in [0, 0.05) is 10.9 Å². The Labute approximate surface area is 123 Å². The van der Waals surface area contributed by atoms with Crippen molar-refractivity contribution in [3.8, 4) is 21.8 Å². The van der Waals surface area contributed by atoms with E-state index in [-0.39, 0.29) is 0 Å². The lowest BCUT2D eigenvalue weighted by molar-refractivity contribution is 1.10. The molecule has 0 amide bonds. The maximum absolute atomic E-state index is 6.18. The average molecular weight is 311 g/mol. The number of rotatable bonds is 2. The summed E-state index contributed by atoms with van der Waals surface area (Å²) in [7, 11) is 0. The molecule has 0 aliphatic heterocycles. The maximum atomic E-state index is 6.18. The minimum Gasteiger partial charge on any atom is -0.383 e. The molecule has 0 aliphatic rings. The van der Waals surface area contributed by atoms with Crippen molar-refractivity contribution in [2.75, 3.05) is 5.73 Å². The van der Waals surface area contributed by atoms with Gasteiger partial charge in [-0.3, -0.25) is 5.10 Å². The third kappa shape index (κ3) is 2.20. The van der Waals surface area contributed by atoms with E-state index in [1.807, 2.05) is 17.5 Å². The molecule has 2 heterocycles. The van der Waals surface area contributed by atoms with Gasteiger partial charge in [-0.1, -0.05) is 35.3 Å². The van der Waals surface area contributed by atoms with E-state index in [0.717, 1.165) is 21.8 Å². The van der Waals surface area contributed by atoms with Crippen LogP contribution in [-0.4, -0.2) is 15.2 Å². The summed E-state index contributed by atoms with van der Waals surface area (Å²) in [5.74, 6) is 0.498. The summed E-state index contributed by atoms with van der Waals surface area (Å²) in [5.41, 5.74) is 8.14. The zero-order valence-electron chi connectivity index (χ0n) is 9.52. The second kappa shape index (κ2) is 4.85. The monoisotopic (exact) mass is 310 g/mol. The number of nitrogens with zero attached hydrogens (tertiary/aromatic N) is 2. The van der Waals surface area contributed by atoms with Gasteiger partial charge in [0.15, 0.2) is 0 Å². The largest absolute Gasteiger partial charge is 0.383 e. The van der Waals surface area contributed by atoms with Gasteiger partial charge in [0.1, 0.15) is 10.8 Å². The van der Waals surface area contributed by atoms with Crippen LogP contribution in [0.2, 0.25) is 10.0 Å². The molecule has 3 N–H and O–H groups in total. The normalized spacial score (nSPS) is 10.8. The van der Waals surface area contributed by atoms with E-state index in [1.54, 1.807) is 12.3 Å². The van der Waals surface area contributed by atoms with Crippen molar-refractivity contribution in [2.24, 2.45) is 0 Å². The fourth-order valence-corrected chi connectivity index (χ4v) is 2.93.